The van der Waals surface area contributed by atoms with Crippen molar-refractivity contribution in [3.8, 4) is 11.5 Å². The lowest BCUT2D eigenvalue weighted by atomic mass is 10.2. The lowest BCUT2D eigenvalue weighted by Crippen LogP contribution is -2.11. The van der Waals surface area contributed by atoms with Crippen molar-refractivity contribution >= 4 is 34.4 Å². The Morgan fingerprint density at radius 2 is 1.57 bits per heavy atom. The molecule has 148 valence electrons. The number of aryl methyl sites for hydroxylation is 1. The number of carbonyl (C=O) groups excluding carboxylic acids is 2. The zero-order valence-electron chi connectivity index (χ0n) is 16.0. The molecule has 5 nitrogen and oxygen atoms in total. The molecule has 0 unspecified atom stereocenters. The number of ether oxygens (including phenoxy) is 2. The Morgan fingerprint density at radius 1 is 0.800 bits per heavy atom. The zero-order chi connectivity index (χ0) is 21.1. The molecule has 0 amide bonds. The number of para-hydroxylation sites is 1. The van der Waals surface area contributed by atoms with E-state index in [1.54, 1.807) is 36.4 Å². The SMILES string of the molecule is Cc1ccc2cccc(OC(=O)c3ccc(OC(=O)c4ccccc4Cl)cc3)c2n1. The van der Waals surface area contributed by atoms with Gasteiger partial charge in [-0.2, -0.15) is 0 Å². The van der Waals surface area contributed by atoms with Crippen LogP contribution in [-0.4, -0.2) is 16.9 Å². The van der Waals surface area contributed by atoms with Crippen molar-refractivity contribution in [2.45, 2.75) is 6.92 Å². The summed E-state index contributed by atoms with van der Waals surface area (Å²) in [4.78, 5) is 29.3. The molecule has 0 bridgehead atoms. The van der Waals surface area contributed by atoms with Crippen LogP contribution in [0.5, 0.6) is 11.5 Å². The summed E-state index contributed by atoms with van der Waals surface area (Å²) in [6.07, 6.45) is 0. The molecule has 3 aromatic carbocycles. The first-order chi connectivity index (χ1) is 14.5. The van der Waals surface area contributed by atoms with Gasteiger partial charge in [-0.1, -0.05) is 41.9 Å². The standard InChI is InChI=1S/C24H16ClNO4/c1-15-9-10-16-5-4-8-21(22(16)26-15)30-23(27)17-11-13-18(14-12-17)29-24(28)19-6-2-3-7-20(19)25/h2-14H,1H3. The second kappa shape index (κ2) is 8.35. The molecule has 0 radical (unpaired) electrons. The average Bonchev–Trinajstić information content (AvgIpc) is 2.75. The summed E-state index contributed by atoms with van der Waals surface area (Å²) < 4.78 is 10.9. The second-order valence-corrected chi connectivity index (χ2v) is 6.97. The lowest BCUT2D eigenvalue weighted by Gasteiger charge is -2.09. The molecule has 0 aliphatic rings. The fourth-order valence-electron chi connectivity index (χ4n) is 2.91. The minimum absolute atomic E-state index is 0.265. The van der Waals surface area contributed by atoms with Gasteiger partial charge in [-0.3, -0.25) is 0 Å². The van der Waals surface area contributed by atoms with Gasteiger partial charge in [-0.05, 0) is 55.5 Å². The number of esters is 2. The Bertz CT molecular complexity index is 1250. The van der Waals surface area contributed by atoms with Crippen LogP contribution in [0.15, 0.2) is 78.9 Å². The molecule has 0 spiro atoms. The highest BCUT2D eigenvalue weighted by Crippen LogP contribution is 2.25. The Balaban J connectivity index is 1.49. The van der Waals surface area contributed by atoms with Crippen LogP contribution in [0, 0.1) is 6.92 Å². The van der Waals surface area contributed by atoms with Crippen molar-refractivity contribution in [2.75, 3.05) is 0 Å². The van der Waals surface area contributed by atoms with Crippen molar-refractivity contribution in [1.82, 2.24) is 4.98 Å². The predicted molar refractivity (Wildman–Crippen MR) is 114 cm³/mol. The number of fused-ring (bicyclic) bond motifs is 1. The van der Waals surface area contributed by atoms with Gasteiger partial charge in [0.1, 0.15) is 11.3 Å². The summed E-state index contributed by atoms with van der Waals surface area (Å²) in [5.41, 5.74) is 2.03. The van der Waals surface area contributed by atoms with E-state index in [1.807, 2.05) is 25.1 Å². The Hall–Kier alpha value is -3.70. The smallest absolute Gasteiger partial charge is 0.345 e. The molecule has 0 atom stereocenters. The molecule has 30 heavy (non-hydrogen) atoms. The van der Waals surface area contributed by atoms with Crippen LogP contribution >= 0.6 is 11.6 Å². The number of aromatic nitrogens is 1. The third kappa shape index (κ3) is 4.16. The molecule has 0 saturated heterocycles. The van der Waals surface area contributed by atoms with Gasteiger partial charge in [0.15, 0.2) is 5.75 Å². The third-order valence-electron chi connectivity index (χ3n) is 4.42. The van der Waals surface area contributed by atoms with Crippen LogP contribution in [0.2, 0.25) is 5.02 Å². The number of benzene rings is 3. The summed E-state index contributed by atoms with van der Waals surface area (Å²) in [6, 6.07) is 22.0. The largest absolute Gasteiger partial charge is 0.423 e. The highest BCUT2D eigenvalue weighted by Gasteiger charge is 2.15. The van der Waals surface area contributed by atoms with Crippen LogP contribution in [0.3, 0.4) is 0 Å². The summed E-state index contributed by atoms with van der Waals surface area (Å²) in [5, 5.41) is 1.19. The van der Waals surface area contributed by atoms with Gasteiger partial charge >= 0.3 is 11.9 Å². The maximum absolute atomic E-state index is 12.6. The Kier molecular flexibility index (Phi) is 5.46. The second-order valence-electron chi connectivity index (χ2n) is 6.56. The third-order valence-corrected chi connectivity index (χ3v) is 4.75. The van der Waals surface area contributed by atoms with Crippen molar-refractivity contribution in [1.29, 1.82) is 0 Å². The predicted octanol–water partition coefficient (Wildman–Crippen LogP) is 5.64. The van der Waals surface area contributed by atoms with Crippen molar-refractivity contribution in [3.05, 3.63) is 101 Å². The van der Waals surface area contributed by atoms with Crippen molar-refractivity contribution in [2.24, 2.45) is 0 Å². The minimum atomic E-state index is -0.576. The van der Waals surface area contributed by atoms with E-state index in [0.717, 1.165) is 11.1 Å². The molecule has 4 rings (SSSR count). The monoisotopic (exact) mass is 417 g/mol. The van der Waals surface area contributed by atoms with E-state index in [4.69, 9.17) is 21.1 Å². The number of nitrogens with zero attached hydrogens (tertiary/aromatic N) is 1. The Labute approximate surface area is 177 Å². The van der Waals surface area contributed by atoms with E-state index < -0.39 is 11.9 Å². The minimum Gasteiger partial charge on any atom is -0.423 e. The summed E-state index contributed by atoms with van der Waals surface area (Å²) >= 11 is 6.01. The first-order valence-electron chi connectivity index (χ1n) is 9.16. The van der Waals surface area contributed by atoms with Crippen LogP contribution in [0.1, 0.15) is 26.4 Å². The van der Waals surface area contributed by atoms with Gasteiger partial charge in [0, 0.05) is 11.1 Å². The van der Waals surface area contributed by atoms with Gasteiger partial charge in [-0.15, -0.1) is 0 Å². The van der Waals surface area contributed by atoms with Gasteiger partial charge in [0.2, 0.25) is 0 Å². The van der Waals surface area contributed by atoms with Crippen LogP contribution in [0.4, 0.5) is 0 Å². The summed E-state index contributed by atoms with van der Waals surface area (Å²) in [6.45, 7) is 1.88. The molecule has 0 N–H and O–H groups in total. The molecule has 0 aliphatic carbocycles. The van der Waals surface area contributed by atoms with E-state index in [1.165, 1.54) is 24.3 Å². The Morgan fingerprint density at radius 3 is 2.33 bits per heavy atom. The number of pyridine rings is 1. The van der Waals surface area contributed by atoms with Crippen LogP contribution in [0.25, 0.3) is 10.9 Å². The van der Waals surface area contributed by atoms with Crippen LogP contribution in [-0.2, 0) is 0 Å². The number of rotatable bonds is 4. The topological polar surface area (TPSA) is 65.5 Å². The van der Waals surface area contributed by atoms with Gasteiger partial charge < -0.3 is 9.47 Å². The molecule has 0 aliphatic heterocycles. The number of hydrogen-bond donors (Lipinski definition) is 0. The molecule has 0 fully saturated rings. The fraction of sp³-hybridized carbons (Fsp3) is 0.0417. The van der Waals surface area contributed by atoms with E-state index in [9.17, 15) is 9.59 Å². The summed E-state index contributed by atoms with van der Waals surface area (Å²) in [5.74, 6) is -0.433. The van der Waals surface area contributed by atoms with E-state index in [-0.39, 0.29) is 5.56 Å². The normalized spacial score (nSPS) is 10.6. The molecular weight excluding hydrogens is 402 g/mol. The van der Waals surface area contributed by atoms with E-state index in [2.05, 4.69) is 4.98 Å². The lowest BCUT2D eigenvalue weighted by molar-refractivity contribution is 0.0731. The van der Waals surface area contributed by atoms with Gasteiger partial charge in [-0.25, -0.2) is 14.6 Å². The molecule has 4 aromatic rings. The molecule has 6 heteroatoms. The number of carbonyl (C=O) groups is 2. The van der Waals surface area contributed by atoms with E-state index in [0.29, 0.717) is 27.6 Å². The first kappa shape index (κ1) is 19.6. The fourth-order valence-corrected chi connectivity index (χ4v) is 3.12. The van der Waals surface area contributed by atoms with Gasteiger partial charge in [0.25, 0.3) is 0 Å². The maximum Gasteiger partial charge on any atom is 0.345 e. The van der Waals surface area contributed by atoms with Crippen molar-refractivity contribution < 1.29 is 19.1 Å². The summed E-state index contributed by atoms with van der Waals surface area (Å²) in [7, 11) is 0. The quantitative estimate of drug-likeness (QED) is 0.318. The van der Waals surface area contributed by atoms with Crippen molar-refractivity contribution in [3.63, 3.8) is 0 Å². The number of hydrogen-bond acceptors (Lipinski definition) is 5. The molecular formula is C24H16ClNO4. The maximum atomic E-state index is 12.6. The van der Waals surface area contributed by atoms with Gasteiger partial charge in [0.05, 0.1) is 16.1 Å². The zero-order valence-corrected chi connectivity index (χ0v) is 16.7. The van der Waals surface area contributed by atoms with E-state index >= 15 is 0 Å². The highest BCUT2D eigenvalue weighted by atomic mass is 35.5. The average molecular weight is 418 g/mol. The number of halogens is 1. The molecule has 1 aromatic heterocycles. The highest BCUT2D eigenvalue weighted by molar-refractivity contribution is 6.33. The van der Waals surface area contributed by atoms with Crippen LogP contribution < -0.4 is 9.47 Å². The first-order valence-corrected chi connectivity index (χ1v) is 9.54. The molecule has 0 saturated carbocycles. The molecule has 1 heterocycles.